The highest BCUT2D eigenvalue weighted by atomic mass is 16.5. The van der Waals surface area contributed by atoms with Crippen molar-refractivity contribution in [3.63, 3.8) is 0 Å². The number of hydrogen-bond donors (Lipinski definition) is 0. The molecule has 0 saturated carbocycles. The largest absolute Gasteiger partial charge is 0.458 e. The molecule has 9 aromatic rings. The summed E-state index contributed by atoms with van der Waals surface area (Å²) >= 11 is 0. The van der Waals surface area contributed by atoms with Crippen molar-refractivity contribution in [1.82, 2.24) is 0 Å². The van der Waals surface area contributed by atoms with Gasteiger partial charge in [0.1, 0.15) is 11.5 Å². The zero-order chi connectivity index (χ0) is 35.1. The zero-order valence-corrected chi connectivity index (χ0v) is 29.3. The van der Waals surface area contributed by atoms with E-state index < -0.39 is 0 Å². The Morgan fingerprint density at radius 1 is 0.370 bits per heavy atom. The minimum absolute atomic E-state index is 0.126. The molecule has 4 aliphatic heterocycles. The fourth-order valence-corrected chi connectivity index (χ4v) is 10.3. The summed E-state index contributed by atoms with van der Waals surface area (Å²) in [6.07, 6.45) is 0. The predicted molar refractivity (Wildman–Crippen MR) is 228 cm³/mol. The van der Waals surface area contributed by atoms with Crippen LogP contribution < -0.4 is 42.4 Å². The minimum Gasteiger partial charge on any atom is -0.458 e. The molecule has 246 valence electrons. The van der Waals surface area contributed by atoms with Crippen molar-refractivity contribution in [2.75, 3.05) is 4.90 Å². The van der Waals surface area contributed by atoms with Crippen LogP contribution in [0.3, 0.4) is 0 Å². The van der Waals surface area contributed by atoms with Crippen molar-refractivity contribution in [2.24, 2.45) is 0 Å². The van der Waals surface area contributed by atoms with Gasteiger partial charge in [-0.25, -0.2) is 0 Å². The van der Waals surface area contributed by atoms with Gasteiger partial charge in [0.2, 0.25) is 6.71 Å². The third-order valence-corrected chi connectivity index (χ3v) is 12.5. The normalized spacial score (nSPS) is 13.6. The summed E-state index contributed by atoms with van der Waals surface area (Å²) in [5.74, 6) is 1.90. The number of benzene rings is 9. The molecule has 0 unspecified atom stereocenters. The van der Waals surface area contributed by atoms with Crippen LogP contribution in [0.15, 0.2) is 176 Å². The van der Waals surface area contributed by atoms with Gasteiger partial charge in [-0.3, -0.25) is 0 Å². The molecule has 9 aromatic carbocycles. The Morgan fingerprint density at radius 2 is 1.00 bits per heavy atom. The van der Waals surface area contributed by atoms with Gasteiger partial charge in [0, 0.05) is 17.1 Å². The molecule has 2 nitrogen and oxygen atoms in total. The van der Waals surface area contributed by atoms with Gasteiger partial charge in [-0.05, 0) is 119 Å². The standard InChI is InChI=1S/C50H29B2NO/c1-2-12-34(13-3-1)53-43-19-7-6-18-41(43)51-40-24-20-32(28-38(40)37-16-9-10-30-22-26-44(53)49(51)47(30)37)33-21-25-42-46(29-33)54-45-27-23-31-11-8-15-36-35-14-4-5-17-39(35)52(42)50(45)48(31)36/h1-29H. The zero-order valence-electron chi connectivity index (χ0n) is 29.3. The predicted octanol–water partition coefficient (Wildman–Crippen LogP) is 8.54. The molecule has 0 amide bonds. The highest BCUT2D eigenvalue weighted by molar-refractivity contribution is 7.01. The molecule has 0 N–H and O–H groups in total. The molecule has 4 heteroatoms. The van der Waals surface area contributed by atoms with E-state index in [1.165, 1.54) is 99.2 Å². The van der Waals surface area contributed by atoms with Gasteiger partial charge in [0.05, 0.1) is 0 Å². The van der Waals surface area contributed by atoms with Crippen LogP contribution in [0.2, 0.25) is 0 Å². The number of ether oxygens (including phenoxy) is 1. The van der Waals surface area contributed by atoms with Crippen LogP contribution in [0.1, 0.15) is 0 Å². The molecule has 13 rings (SSSR count). The fraction of sp³-hybridized carbons (Fsp3) is 0. The van der Waals surface area contributed by atoms with Crippen molar-refractivity contribution in [1.29, 1.82) is 0 Å². The van der Waals surface area contributed by atoms with Crippen molar-refractivity contribution in [2.45, 2.75) is 0 Å². The van der Waals surface area contributed by atoms with E-state index in [4.69, 9.17) is 4.74 Å². The molecule has 0 aromatic heterocycles. The van der Waals surface area contributed by atoms with Crippen LogP contribution in [0.5, 0.6) is 11.5 Å². The second-order valence-corrected chi connectivity index (χ2v) is 15.1. The van der Waals surface area contributed by atoms with Crippen LogP contribution >= 0.6 is 0 Å². The molecule has 0 saturated heterocycles. The van der Waals surface area contributed by atoms with E-state index >= 15 is 0 Å². The molecule has 4 heterocycles. The molecule has 54 heavy (non-hydrogen) atoms. The third-order valence-electron chi connectivity index (χ3n) is 12.5. The first-order valence-corrected chi connectivity index (χ1v) is 18.9. The van der Waals surface area contributed by atoms with Crippen LogP contribution in [0.4, 0.5) is 17.1 Å². The quantitative estimate of drug-likeness (QED) is 0.170. The maximum absolute atomic E-state index is 6.86. The number of nitrogens with zero attached hydrogens (tertiary/aromatic N) is 1. The maximum atomic E-state index is 6.86. The van der Waals surface area contributed by atoms with E-state index in [0.29, 0.717) is 0 Å². The highest BCUT2D eigenvalue weighted by Crippen LogP contribution is 2.43. The van der Waals surface area contributed by atoms with Crippen LogP contribution in [0, 0.1) is 0 Å². The molecule has 0 fully saturated rings. The Bertz CT molecular complexity index is 3120. The van der Waals surface area contributed by atoms with E-state index in [9.17, 15) is 0 Å². The fourth-order valence-electron chi connectivity index (χ4n) is 10.3. The average molecular weight is 681 g/mol. The maximum Gasteiger partial charge on any atom is 0.252 e. The molecule has 4 aliphatic rings. The Labute approximate surface area is 314 Å². The topological polar surface area (TPSA) is 12.5 Å². The Hall–Kier alpha value is -6.77. The second kappa shape index (κ2) is 10.4. The van der Waals surface area contributed by atoms with E-state index in [1.807, 2.05) is 0 Å². The van der Waals surface area contributed by atoms with Gasteiger partial charge in [-0.15, -0.1) is 0 Å². The van der Waals surface area contributed by atoms with Gasteiger partial charge >= 0.3 is 0 Å². The second-order valence-electron chi connectivity index (χ2n) is 15.1. The summed E-state index contributed by atoms with van der Waals surface area (Å²) < 4.78 is 6.86. The third kappa shape index (κ3) is 3.67. The minimum atomic E-state index is 0.126. The van der Waals surface area contributed by atoms with E-state index in [1.54, 1.807) is 0 Å². The van der Waals surface area contributed by atoms with Gasteiger partial charge < -0.3 is 9.64 Å². The first kappa shape index (κ1) is 28.8. The van der Waals surface area contributed by atoms with E-state index in [0.717, 1.165) is 17.1 Å². The molecular weight excluding hydrogens is 652 g/mol. The lowest BCUT2D eigenvalue weighted by Gasteiger charge is -2.40. The molecule has 0 aliphatic carbocycles. The van der Waals surface area contributed by atoms with Crippen molar-refractivity contribution >= 4 is 84.8 Å². The monoisotopic (exact) mass is 681 g/mol. The van der Waals surface area contributed by atoms with Gasteiger partial charge in [-0.2, -0.15) is 0 Å². The van der Waals surface area contributed by atoms with Crippen LogP contribution in [-0.4, -0.2) is 13.4 Å². The number of hydrogen-bond acceptors (Lipinski definition) is 2. The molecule has 0 spiro atoms. The Kier molecular flexibility index (Phi) is 5.56. The molecule has 0 radical (unpaired) electrons. The lowest BCUT2D eigenvalue weighted by atomic mass is 9.32. The average Bonchev–Trinajstić information content (AvgIpc) is 3.24. The molecular formula is C50H29B2NO. The summed E-state index contributed by atoms with van der Waals surface area (Å²) in [4.78, 5) is 2.45. The van der Waals surface area contributed by atoms with Crippen molar-refractivity contribution < 1.29 is 4.74 Å². The summed E-state index contributed by atoms with van der Waals surface area (Å²) in [7, 11) is 0. The number of para-hydroxylation sites is 2. The van der Waals surface area contributed by atoms with E-state index in [2.05, 4.69) is 181 Å². The smallest absolute Gasteiger partial charge is 0.252 e. The van der Waals surface area contributed by atoms with Crippen LogP contribution in [-0.2, 0) is 0 Å². The number of rotatable bonds is 2. The first-order valence-electron chi connectivity index (χ1n) is 18.9. The molecule has 0 bridgehead atoms. The highest BCUT2D eigenvalue weighted by Gasteiger charge is 2.42. The van der Waals surface area contributed by atoms with Crippen molar-refractivity contribution in [3.8, 4) is 44.9 Å². The summed E-state index contributed by atoms with van der Waals surface area (Å²) in [6.45, 7) is 0.259. The summed E-state index contributed by atoms with van der Waals surface area (Å²) in [6, 6.07) is 65.2. The Morgan fingerprint density at radius 3 is 1.85 bits per heavy atom. The van der Waals surface area contributed by atoms with Crippen LogP contribution in [0.25, 0.3) is 54.9 Å². The lowest BCUT2D eigenvalue weighted by molar-refractivity contribution is 0.488. The number of anilines is 3. The summed E-state index contributed by atoms with van der Waals surface area (Å²) in [5.41, 5.74) is 19.2. The number of fused-ring (bicyclic) bond motifs is 10. The lowest BCUT2D eigenvalue weighted by Crippen LogP contribution is -2.59. The van der Waals surface area contributed by atoms with Gasteiger partial charge in [-0.1, -0.05) is 144 Å². The van der Waals surface area contributed by atoms with Gasteiger partial charge in [0.25, 0.3) is 6.71 Å². The Balaban J connectivity index is 0.996. The van der Waals surface area contributed by atoms with E-state index in [-0.39, 0.29) is 13.4 Å². The van der Waals surface area contributed by atoms with Crippen molar-refractivity contribution in [3.05, 3.63) is 176 Å². The summed E-state index contributed by atoms with van der Waals surface area (Å²) in [5, 5.41) is 5.22. The molecule has 0 atom stereocenters. The van der Waals surface area contributed by atoms with Gasteiger partial charge in [0.15, 0.2) is 0 Å². The first-order chi connectivity index (χ1) is 26.8. The SMILES string of the molecule is c1ccc(N2c3ccccc3B3c4ccc(-c5ccc6c(c5)Oc5ccc7cccc8c7c5B6c5ccccc5-8)cc4-c4cccc5ccc2c3c45)cc1.